The molecule has 1 aliphatic heterocycles. The van der Waals surface area contributed by atoms with Gasteiger partial charge in [-0.1, -0.05) is 83.1 Å². The number of carboxylic acids is 1. The fraction of sp³-hybridized carbons (Fsp3) is 0.732. The van der Waals surface area contributed by atoms with E-state index in [0.29, 0.717) is 6.42 Å². The quantitative estimate of drug-likeness (QED) is 0.0279. The highest BCUT2D eigenvalue weighted by molar-refractivity contribution is 6.01. The van der Waals surface area contributed by atoms with Crippen LogP contribution in [0.2, 0.25) is 0 Å². The predicted octanol–water partition coefficient (Wildman–Crippen LogP) is -3.99. The number of rotatable bonds is 39. The van der Waals surface area contributed by atoms with Crippen LogP contribution in [0.1, 0.15) is 147 Å². The predicted molar refractivity (Wildman–Crippen MR) is 315 cm³/mol. The Bertz CT molecular complexity index is 2450. The highest BCUT2D eigenvalue weighted by Gasteiger charge is 2.42. The topological polar surface area (TPSA) is 504 Å². The maximum absolute atomic E-state index is 14.3. The molecule has 0 radical (unpaired) electrons. The number of carbonyl (C=O) groups is 15. The van der Waals surface area contributed by atoms with Gasteiger partial charge in [0.1, 0.15) is 60.4 Å². The number of carbonyl (C=O) groups excluding carboxylic acids is 14. The number of nitrogens with zero attached hydrogens (tertiary/aromatic N) is 1. The zero-order valence-corrected chi connectivity index (χ0v) is 52.3. The van der Waals surface area contributed by atoms with Gasteiger partial charge in [-0.2, -0.15) is 0 Å². The van der Waals surface area contributed by atoms with Gasteiger partial charge >= 0.3 is 5.97 Å². The fourth-order valence-corrected chi connectivity index (χ4v) is 9.40. The van der Waals surface area contributed by atoms with Crippen LogP contribution in [0.15, 0.2) is 0 Å². The van der Waals surface area contributed by atoms with Gasteiger partial charge in [-0.25, -0.2) is 4.79 Å². The van der Waals surface area contributed by atoms with Crippen LogP contribution >= 0.6 is 0 Å². The van der Waals surface area contributed by atoms with E-state index >= 15 is 0 Å². The molecule has 0 spiro atoms. The van der Waals surface area contributed by atoms with E-state index in [9.17, 15) is 77.0 Å². The maximum Gasteiger partial charge on any atom is 0.326 e. The zero-order valence-electron chi connectivity index (χ0n) is 52.3. The monoisotopic (exact) mass is 1240 g/mol. The molecule has 0 unspecified atom stereocenters. The molecule has 0 aromatic carbocycles. The number of carboxylic acid groups (broad SMARTS) is 1. The number of likely N-dealkylation sites (tertiary alicyclic amines) is 1. The van der Waals surface area contributed by atoms with Crippen LogP contribution in [0.5, 0.6) is 0 Å². The number of nitrogens with one attached hydrogen (secondary N) is 10. The summed E-state index contributed by atoms with van der Waals surface area (Å²) >= 11 is 0. The van der Waals surface area contributed by atoms with Crippen molar-refractivity contribution in [3.63, 3.8) is 0 Å². The molecule has 87 heavy (non-hydrogen) atoms. The molecule has 14 amide bonds. The van der Waals surface area contributed by atoms with Crippen molar-refractivity contribution in [2.75, 3.05) is 19.6 Å². The number of hydrogen-bond acceptors (Lipinski definition) is 16. The molecule has 492 valence electrons. The molecule has 0 aromatic rings. The highest BCUT2D eigenvalue weighted by Crippen LogP contribution is 2.22. The van der Waals surface area contributed by atoms with Gasteiger partial charge < -0.3 is 86.1 Å². The fourth-order valence-electron chi connectivity index (χ4n) is 9.40. The number of nitrogens with two attached hydrogens (primary N) is 4. The summed E-state index contributed by atoms with van der Waals surface area (Å²) in [5, 5.41) is 34.1. The van der Waals surface area contributed by atoms with E-state index in [1.165, 1.54) is 4.90 Å². The molecule has 31 heteroatoms. The van der Waals surface area contributed by atoms with E-state index < -0.39 is 181 Å². The van der Waals surface area contributed by atoms with Crippen molar-refractivity contribution in [1.29, 1.82) is 0 Å². The summed E-state index contributed by atoms with van der Waals surface area (Å²) in [7, 11) is 0. The van der Waals surface area contributed by atoms with Gasteiger partial charge in [0.15, 0.2) is 0 Å². The maximum atomic E-state index is 14.3. The third-order valence-electron chi connectivity index (χ3n) is 13.5. The Morgan fingerprint density at radius 3 is 1.10 bits per heavy atom. The van der Waals surface area contributed by atoms with Crippen LogP contribution in [0.4, 0.5) is 0 Å². The van der Waals surface area contributed by atoms with E-state index in [0.717, 1.165) is 0 Å². The van der Waals surface area contributed by atoms with Crippen LogP contribution in [0.3, 0.4) is 0 Å². The normalized spacial score (nSPS) is 16.2. The molecule has 0 bridgehead atoms. The zero-order chi connectivity index (χ0) is 66.7. The summed E-state index contributed by atoms with van der Waals surface area (Å²) in [6, 6.07) is -14.4. The van der Waals surface area contributed by atoms with Crippen molar-refractivity contribution in [3.05, 3.63) is 0 Å². The van der Waals surface area contributed by atoms with Crippen molar-refractivity contribution in [1.82, 2.24) is 58.1 Å². The molecule has 19 N–H and O–H groups in total. The Labute approximate surface area is 508 Å². The van der Waals surface area contributed by atoms with Gasteiger partial charge in [0.25, 0.3) is 0 Å². The number of aliphatic carboxylic acids is 1. The second kappa shape index (κ2) is 37.5. The van der Waals surface area contributed by atoms with Crippen molar-refractivity contribution < 1.29 is 77.0 Å². The Morgan fingerprint density at radius 2 is 0.747 bits per heavy atom. The second-order valence-corrected chi connectivity index (χ2v) is 24.4. The van der Waals surface area contributed by atoms with Crippen molar-refractivity contribution in [2.24, 2.45) is 58.4 Å². The SMILES string of the molecule is CC(C)C[C@H](NC(=O)CNC(=O)[C@H](CC(C)C)NC(=O)[C@H](CC(N)=O)NC(=O)[C@H](CC(N)=O)NC(=O)[C@H](CC(C)C)NC(=O)[C@H](CC(C)C)NC(=O)[C@H](CC(N)=O)NC(=O)[C@H]1CCCN1C(=O)[C@@H](NC(=O)[C@H](CC(C)C)NC(=O)CN)C(C)C)C(=O)O. The summed E-state index contributed by atoms with van der Waals surface area (Å²) in [5.41, 5.74) is 21.9. The van der Waals surface area contributed by atoms with Crippen LogP contribution in [-0.2, 0) is 71.9 Å². The van der Waals surface area contributed by atoms with E-state index in [1.54, 1.807) is 69.2 Å². The number of hydrogen-bond donors (Lipinski definition) is 15. The van der Waals surface area contributed by atoms with Gasteiger partial charge in [-0.05, 0) is 80.5 Å². The molecular formula is C56H97N15O16. The van der Waals surface area contributed by atoms with E-state index in [2.05, 4.69) is 53.2 Å². The molecule has 1 heterocycles. The average molecular weight is 1240 g/mol. The minimum Gasteiger partial charge on any atom is -0.480 e. The Balaban J connectivity index is 3.46. The highest BCUT2D eigenvalue weighted by atomic mass is 16.4. The van der Waals surface area contributed by atoms with Crippen molar-refractivity contribution >= 4 is 88.7 Å². The van der Waals surface area contributed by atoms with Crippen LogP contribution in [-0.4, -0.2) is 179 Å². The minimum atomic E-state index is -1.87. The first-order valence-electron chi connectivity index (χ1n) is 29.4. The summed E-state index contributed by atoms with van der Waals surface area (Å²) < 4.78 is 0. The Hall–Kier alpha value is -7.99. The summed E-state index contributed by atoms with van der Waals surface area (Å²) in [5.74, 6) is -16.0. The second-order valence-electron chi connectivity index (χ2n) is 24.4. The third kappa shape index (κ3) is 28.8. The van der Waals surface area contributed by atoms with E-state index in [1.807, 2.05) is 13.8 Å². The Kier molecular flexibility index (Phi) is 33.2. The molecule has 0 aliphatic carbocycles. The Morgan fingerprint density at radius 1 is 0.425 bits per heavy atom. The largest absolute Gasteiger partial charge is 0.480 e. The number of amides is 14. The lowest BCUT2D eigenvalue weighted by Crippen LogP contribution is -2.61. The standard InChI is InChI=1S/C56H97N15O16/c1-26(2)16-32(47(77)61-25-45(76)63-39(56(86)87)20-30(9)10)64-50(80)36(21-41(58)72)68-51(81)37(22-42(59)73)67-49(79)35(19-29(7)8)65-48(78)34(18-28(5)6)66-52(82)38(23-43(60)74)69-54(84)40-14-13-15-71(40)55(85)46(31(11)12)70-53(83)33(17-27(3)4)62-44(75)24-57/h26-40,46H,13-25,57H2,1-12H3,(H2,58,72)(H2,59,73)(H2,60,74)(H,61,77)(H,62,75)(H,63,76)(H,64,80)(H,65,78)(H,66,82)(H,67,79)(H,68,81)(H,69,84)(H,70,83)(H,86,87)/t32-,33-,34-,35-,36-,37-,38-,39-,40+,46-/m0/s1. The van der Waals surface area contributed by atoms with Gasteiger partial charge in [0, 0.05) is 6.54 Å². The van der Waals surface area contributed by atoms with Gasteiger partial charge in [0.05, 0.1) is 32.4 Å². The van der Waals surface area contributed by atoms with Crippen molar-refractivity contribution in [2.45, 2.75) is 208 Å². The van der Waals surface area contributed by atoms with Crippen molar-refractivity contribution in [3.8, 4) is 0 Å². The smallest absolute Gasteiger partial charge is 0.326 e. The first-order valence-corrected chi connectivity index (χ1v) is 29.4. The molecule has 0 aromatic heterocycles. The lowest BCUT2D eigenvalue weighted by Gasteiger charge is -2.32. The van der Waals surface area contributed by atoms with Crippen LogP contribution in [0.25, 0.3) is 0 Å². The number of primary amides is 3. The summed E-state index contributed by atoms with van der Waals surface area (Å²) in [6.45, 7) is 19.8. The van der Waals surface area contributed by atoms with Gasteiger partial charge in [-0.15, -0.1) is 0 Å². The molecule has 31 nitrogen and oxygen atoms in total. The molecule has 10 atom stereocenters. The average Bonchev–Trinajstić information content (AvgIpc) is 2.31. The molecule has 1 saturated heterocycles. The molecule has 1 rings (SSSR count). The van der Waals surface area contributed by atoms with E-state index in [4.69, 9.17) is 22.9 Å². The van der Waals surface area contributed by atoms with Crippen LogP contribution in [0, 0.1) is 35.5 Å². The summed E-state index contributed by atoms with van der Waals surface area (Å²) in [4.78, 5) is 200. The first kappa shape index (κ1) is 77.0. The van der Waals surface area contributed by atoms with Crippen LogP contribution < -0.4 is 76.1 Å². The minimum absolute atomic E-state index is 0.0371. The summed E-state index contributed by atoms with van der Waals surface area (Å²) in [6.07, 6.45) is -1.96. The first-order chi connectivity index (χ1) is 40.4. The molecule has 1 aliphatic rings. The molecule has 1 fully saturated rings. The molecular weight excluding hydrogens is 1140 g/mol. The lowest BCUT2D eigenvalue weighted by molar-refractivity contribution is -0.143. The lowest BCUT2D eigenvalue weighted by atomic mass is 9.99. The third-order valence-corrected chi connectivity index (χ3v) is 13.5. The van der Waals surface area contributed by atoms with Gasteiger partial charge in [0.2, 0.25) is 82.7 Å². The molecule has 0 saturated carbocycles. The van der Waals surface area contributed by atoms with E-state index in [-0.39, 0.29) is 81.2 Å². The van der Waals surface area contributed by atoms with Gasteiger partial charge in [-0.3, -0.25) is 67.1 Å².